The maximum absolute atomic E-state index is 13.0. The molecule has 10 heteroatoms. The number of nitrogens with zero attached hydrogens (tertiary/aromatic N) is 5. The first-order chi connectivity index (χ1) is 14.7. The van der Waals surface area contributed by atoms with Crippen molar-refractivity contribution >= 4 is 11.8 Å². The standard InChI is InChI=1S/C21H18F3N5OS.CH4/c1-13-11-29(12-25-13)17-8-7-14(9-18(17)30-3)19-26-20(28(2)27-19)31-16-6-4-5-15(10-16)21(22,23)24;/h4-12H,1-3H3;1H4. The van der Waals surface area contributed by atoms with Crippen molar-refractivity contribution in [2.45, 2.75) is 30.6 Å². The minimum Gasteiger partial charge on any atom is -0.495 e. The third-order valence-corrected chi connectivity index (χ3v) is 5.55. The summed E-state index contributed by atoms with van der Waals surface area (Å²) >= 11 is 1.12. The largest absolute Gasteiger partial charge is 0.495 e. The number of ether oxygens (including phenoxy) is 1. The van der Waals surface area contributed by atoms with Crippen LogP contribution in [0.15, 0.2) is 65.0 Å². The first kappa shape index (κ1) is 23.4. The van der Waals surface area contributed by atoms with Gasteiger partial charge in [-0.3, -0.25) is 0 Å². The topological polar surface area (TPSA) is 57.8 Å². The molecule has 0 radical (unpaired) electrons. The molecular formula is C22H22F3N5OS. The fourth-order valence-corrected chi connectivity index (χ4v) is 3.85. The number of rotatable bonds is 5. The molecule has 6 nitrogen and oxygen atoms in total. The molecule has 4 rings (SSSR count). The van der Waals surface area contributed by atoms with E-state index in [9.17, 15) is 13.2 Å². The Labute approximate surface area is 188 Å². The Morgan fingerprint density at radius 2 is 1.88 bits per heavy atom. The van der Waals surface area contributed by atoms with Gasteiger partial charge in [-0.15, -0.1) is 0 Å². The molecule has 0 aliphatic carbocycles. The average Bonchev–Trinajstić information content (AvgIpc) is 3.33. The Bertz CT molecular complexity index is 1230. The Morgan fingerprint density at radius 1 is 1.09 bits per heavy atom. The first-order valence-corrected chi connectivity index (χ1v) is 10.0. The third-order valence-electron chi connectivity index (χ3n) is 4.52. The van der Waals surface area contributed by atoms with Crippen molar-refractivity contribution in [3.63, 3.8) is 0 Å². The van der Waals surface area contributed by atoms with E-state index in [1.165, 1.54) is 6.07 Å². The zero-order chi connectivity index (χ0) is 22.2. The Hall–Kier alpha value is -3.27. The van der Waals surface area contributed by atoms with Crippen LogP contribution in [0.4, 0.5) is 13.2 Å². The number of methoxy groups -OCH3 is 1. The second-order valence-corrected chi connectivity index (χ2v) is 7.82. The maximum Gasteiger partial charge on any atom is 0.416 e. The fraction of sp³-hybridized carbons (Fsp3) is 0.227. The van der Waals surface area contributed by atoms with Crippen molar-refractivity contribution in [3.05, 3.63) is 66.2 Å². The summed E-state index contributed by atoms with van der Waals surface area (Å²) in [5.41, 5.74) is 1.73. The lowest BCUT2D eigenvalue weighted by Gasteiger charge is -2.10. The minimum absolute atomic E-state index is 0. The molecule has 0 bridgehead atoms. The molecule has 0 spiro atoms. The van der Waals surface area contributed by atoms with Crippen molar-refractivity contribution in [2.75, 3.05) is 7.11 Å². The molecule has 168 valence electrons. The van der Waals surface area contributed by atoms with Crippen LogP contribution in [-0.2, 0) is 13.2 Å². The lowest BCUT2D eigenvalue weighted by Crippen LogP contribution is -2.04. The number of alkyl halides is 3. The predicted octanol–water partition coefficient (Wildman–Crippen LogP) is 5.79. The minimum atomic E-state index is -4.40. The Kier molecular flexibility index (Phi) is 6.63. The SMILES string of the molecule is C.COc1cc(-c2nc(Sc3cccc(C(F)(F)F)c3)n(C)n2)ccc1-n1cnc(C)c1. The highest BCUT2D eigenvalue weighted by molar-refractivity contribution is 7.99. The molecule has 2 aromatic heterocycles. The molecule has 0 unspecified atom stereocenters. The van der Waals surface area contributed by atoms with E-state index in [2.05, 4.69) is 15.1 Å². The van der Waals surface area contributed by atoms with E-state index in [4.69, 9.17) is 4.74 Å². The van der Waals surface area contributed by atoms with Crippen LogP contribution in [0.3, 0.4) is 0 Å². The molecule has 2 aromatic carbocycles. The van der Waals surface area contributed by atoms with Gasteiger partial charge in [0.25, 0.3) is 0 Å². The van der Waals surface area contributed by atoms with E-state index in [0.29, 0.717) is 21.6 Å². The van der Waals surface area contributed by atoms with Gasteiger partial charge >= 0.3 is 6.18 Å². The highest BCUT2D eigenvalue weighted by Crippen LogP contribution is 2.35. The van der Waals surface area contributed by atoms with E-state index in [1.807, 2.05) is 35.9 Å². The molecule has 2 heterocycles. The third kappa shape index (κ3) is 4.80. The van der Waals surface area contributed by atoms with Crippen LogP contribution in [0.25, 0.3) is 17.1 Å². The van der Waals surface area contributed by atoms with Gasteiger partial charge in [-0.05, 0) is 43.3 Å². The van der Waals surface area contributed by atoms with E-state index in [-0.39, 0.29) is 7.43 Å². The summed E-state index contributed by atoms with van der Waals surface area (Å²) in [6.45, 7) is 1.90. The summed E-state index contributed by atoms with van der Waals surface area (Å²) < 4.78 is 47.9. The van der Waals surface area contributed by atoms with Crippen LogP contribution < -0.4 is 4.74 Å². The predicted molar refractivity (Wildman–Crippen MR) is 117 cm³/mol. The summed E-state index contributed by atoms with van der Waals surface area (Å²) in [6.07, 6.45) is -0.802. The van der Waals surface area contributed by atoms with Crippen LogP contribution in [-0.4, -0.2) is 31.4 Å². The molecule has 0 aliphatic heterocycles. The van der Waals surface area contributed by atoms with Crippen LogP contribution in [0.2, 0.25) is 0 Å². The molecule has 0 fully saturated rings. The number of hydrogen-bond acceptors (Lipinski definition) is 5. The molecule has 0 aliphatic rings. The number of hydrogen-bond donors (Lipinski definition) is 0. The van der Waals surface area contributed by atoms with Gasteiger partial charge in [-0.2, -0.15) is 18.3 Å². The number of halogens is 3. The molecule has 0 saturated heterocycles. The van der Waals surface area contributed by atoms with E-state index in [1.54, 1.807) is 31.2 Å². The Balaban J connectivity index is 0.00000289. The van der Waals surface area contributed by atoms with Crippen molar-refractivity contribution in [1.82, 2.24) is 24.3 Å². The van der Waals surface area contributed by atoms with Gasteiger partial charge in [0.2, 0.25) is 0 Å². The first-order valence-electron chi connectivity index (χ1n) is 9.20. The summed E-state index contributed by atoms with van der Waals surface area (Å²) in [4.78, 5) is 9.17. The highest BCUT2D eigenvalue weighted by atomic mass is 32.2. The van der Waals surface area contributed by atoms with Gasteiger partial charge in [0.1, 0.15) is 5.75 Å². The highest BCUT2D eigenvalue weighted by Gasteiger charge is 2.30. The van der Waals surface area contributed by atoms with Gasteiger partial charge in [-0.25, -0.2) is 14.6 Å². The van der Waals surface area contributed by atoms with Gasteiger partial charge in [-0.1, -0.05) is 25.3 Å². The smallest absolute Gasteiger partial charge is 0.416 e. The number of imidazole rings is 1. The monoisotopic (exact) mass is 461 g/mol. The summed E-state index contributed by atoms with van der Waals surface area (Å²) in [5.74, 6) is 1.07. The molecule has 0 saturated carbocycles. The number of aromatic nitrogens is 5. The summed E-state index contributed by atoms with van der Waals surface area (Å²) in [6, 6.07) is 10.7. The van der Waals surface area contributed by atoms with Gasteiger partial charge in [0.15, 0.2) is 11.0 Å². The van der Waals surface area contributed by atoms with Gasteiger partial charge in [0, 0.05) is 23.7 Å². The lowest BCUT2D eigenvalue weighted by atomic mass is 10.1. The molecule has 0 amide bonds. The quantitative estimate of drug-likeness (QED) is 0.376. The van der Waals surface area contributed by atoms with Gasteiger partial charge in [0.05, 0.1) is 30.4 Å². The van der Waals surface area contributed by atoms with E-state index >= 15 is 0 Å². The molecule has 4 aromatic rings. The average molecular weight is 462 g/mol. The normalized spacial score (nSPS) is 11.3. The summed E-state index contributed by atoms with van der Waals surface area (Å²) in [7, 11) is 3.28. The van der Waals surface area contributed by atoms with Crippen molar-refractivity contribution < 1.29 is 17.9 Å². The second-order valence-electron chi connectivity index (χ2n) is 6.78. The number of benzene rings is 2. The van der Waals surface area contributed by atoms with Crippen LogP contribution in [0.5, 0.6) is 5.75 Å². The zero-order valence-electron chi connectivity index (χ0n) is 16.9. The zero-order valence-corrected chi connectivity index (χ0v) is 17.7. The van der Waals surface area contributed by atoms with E-state index < -0.39 is 11.7 Å². The van der Waals surface area contributed by atoms with Crippen LogP contribution >= 0.6 is 11.8 Å². The van der Waals surface area contributed by atoms with Crippen LogP contribution in [0, 0.1) is 6.92 Å². The summed E-state index contributed by atoms with van der Waals surface area (Å²) in [5, 5.41) is 4.89. The van der Waals surface area contributed by atoms with Crippen molar-refractivity contribution in [1.29, 1.82) is 0 Å². The van der Waals surface area contributed by atoms with Gasteiger partial charge < -0.3 is 9.30 Å². The fourth-order valence-electron chi connectivity index (χ4n) is 3.01. The molecule has 0 atom stereocenters. The molecule has 32 heavy (non-hydrogen) atoms. The van der Waals surface area contributed by atoms with Crippen LogP contribution in [0.1, 0.15) is 18.7 Å². The molecular weight excluding hydrogens is 439 g/mol. The van der Waals surface area contributed by atoms with E-state index in [0.717, 1.165) is 40.8 Å². The van der Waals surface area contributed by atoms with Crippen molar-refractivity contribution in [3.8, 4) is 22.8 Å². The Morgan fingerprint density at radius 3 is 2.53 bits per heavy atom. The lowest BCUT2D eigenvalue weighted by molar-refractivity contribution is -0.137. The second kappa shape index (κ2) is 9.07. The molecule has 0 N–H and O–H groups in total. The maximum atomic E-state index is 13.0. The van der Waals surface area contributed by atoms with Crippen molar-refractivity contribution in [2.24, 2.45) is 7.05 Å². The number of aryl methyl sites for hydroxylation is 2.